The highest BCUT2D eigenvalue weighted by Crippen LogP contribution is 2.38. The Morgan fingerprint density at radius 3 is 2.11 bits per heavy atom. The number of aryl methyl sites for hydroxylation is 1. The van der Waals surface area contributed by atoms with Gasteiger partial charge >= 0.3 is 24.3 Å². The standard InChI is InChI=1S/C16H20N4O2.2C2HF3O2/c1-11-18-19-16(21-11)15-6-5-13-14(22-15)7-9-20(13)10-12-4-2-3-8-17-12;2*3-2(4,5)1(6)7/h2-4,8,13-15H,5-7,9-10H2,1H3;2*(H,6,7)/t13-,14-,15+;;/m1../s1. The molecule has 2 fully saturated rings. The van der Waals surface area contributed by atoms with Crippen LogP contribution in [0.25, 0.3) is 0 Å². The Bertz CT molecular complexity index is 977. The lowest BCUT2D eigenvalue weighted by molar-refractivity contribution is -0.193. The largest absolute Gasteiger partial charge is 0.490 e. The first-order chi connectivity index (χ1) is 16.7. The number of hydrogen-bond acceptors (Lipinski definition) is 8. The molecule has 0 radical (unpaired) electrons. The number of halogens is 6. The number of nitrogens with zero attached hydrogens (tertiary/aromatic N) is 4. The first-order valence-corrected chi connectivity index (χ1v) is 10.4. The summed E-state index contributed by atoms with van der Waals surface area (Å²) in [6.45, 7) is 3.77. The number of fused-ring (bicyclic) bond motifs is 1. The number of ether oxygens (including phenoxy) is 1. The van der Waals surface area contributed by atoms with E-state index in [1.165, 1.54) is 0 Å². The summed E-state index contributed by atoms with van der Waals surface area (Å²) >= 11 is 0. The number of carboxylic acids is 2. The van der Waals surface area contributed by atoms with E-state index in [-0.39, 0.29) is 12.2 Å². The van der Waals surface area contributed by atoms with Gasteiger partial charge < -0.3 is 19.4 Å². The fourth-order valence-corrected chi connectivity index (χ4v) is 3.53. The van der Waals surface area contributed by atoms with Crippen LogP contribution in [0.15, 0.2) is 28.8 Å². The van der Waals surface area contributed by atoms with Crippen molar-refractivity contribution in [2.45, 2.75) is 63.3 Å². The van der Waals surface area contributed by atoms with Gasteiger partial charge in [-0.3, -0.25) is 9.88 Å². The van der Waals surface area contributed by atoms with Gasteiger partial charge in [-0.05, 0) is 31.4 Å². The second kappa shape index (κ2) is 12.1. The number of carboxylic acid groups (broad SMARTS) is 2. The summed E-state index contributed by atoms with van der Waals surface area (Å²) < 4.78 is 75.2. The minimum absolute atomic E-state index is 0.0442. The van der Waals surface area contributed by atoms with Crippen LogP contribution in [0.5, 0.6) is 0 Å². The van der Waals surface area contributed by atoms with Gasteiger partial charge in [0, 0.05) is 32.3 Å². The van der Waals surface area contributed by atoms with E-state index in [4.69, 9.17) is 29.0 Å². The van der Waals surface area contributed by atoms with Crippen molar-refractivity contribution in [3.63, 3.8) is 0 Å². The molecular weight excluding hydrogens is 506 g/mol. The van der Waals surface area contributed by atoms with Crippen LogP contribution < -0.4 is 0 Å². The second-order valence-corrected chi connectivity index (χ2v) is 7.65. The summed E-state index contributed by atoms with van der Waals surface area (Å²) in [5.74, 6) is -4.29. The lowest BCUT2D eigenvalue weighted by Crippen LogP contribution is -2.40. The number of alkyl halides is 6. The molecule has 10 nitrogen and oxygen atoms in total. The molecule has 2 aromatic heterocycles. The van der Waals surface area contributed by atoms with Crippen molar-refractivity contribution in [1.29, 1.82) is 0 Å². The van der Waals surface area contributed by atoms with Crippen LogP contribution >= 0.6 is 0 Å². The van der Waals surface area contributed by atoms with E-state index in [9.17, 15) is 26.3 Å². The van der Waals surface area contributed by atoms with Gasteiger partial charge in [-0.15, -0.1) is 10.2 Å². The van der Waals surface area contributed by atoms with Crippen molar-refractivity contribution in [2.24, 2.45) is 0 Å². The summed E-state index contributed by atoms with van der Waals surface area (Å²) in [6, 6.07) is 6.56. The Kier molecular flexibility index (Phi) is 9.75. The van der Waals surface area contributed by atoms with E-state index in [0.717, 1.165) is 38.0 Å². The minimum Gasteiger partial charge on any atom is -0.475 e. The van der Waals surface area contributed by atoms with Gasteiger partial charge in [-0.2, -0.15) is 26.3 Å². The van der Waals surface area contributed by atoms with Gasteiger partial charge in [-0.25, -0.2) is 9.59 Å². The molecule has 36 heavy (non-hydrogen) atoms. The predicted molar refractivity (Wildman–Crippen MR) is 106 cm³/mol. The maximum absolute atomic E-state index is 10.6. The number of rotatable bonds is 3. The number of aromatic nitrogens is 3. The van der Waals surface area contributed by atoms with Crippen molar-refractivity contribution in [3.8, 4) is 0 Å². The predicted octanol–water partition coefficient (Wildman–Crippen LogP) is 3.53. The fraction of sp³-hybridized carbons (Fsp3) is 0.550. The molecule has 2 N–H and O–H groups in total. The summed E-state index contributed by atoms with van der Waals surface area (Å²) in [5, 5.41) is 22.3. The minimum atomic E-state index is -5.08. The summed E-state index contributed by atoms with van der Waals surface area (Å²) in [7, 11) is 0. The molecule has 0 amide bonds. The van der Waals surface area contributed by atoms with E-state index in [0.29, 0.717) is 17.8 Å². The van der Waals surface area contributed by atoms with Gasteiger partial charge in [0.1, 0.15) is 6.10 Å². The molecule has 3 atom stereocenters. The molecule has 0 aromatic carbocycles. The van der Waals surface area contributed by atoms with Crippen molar-refractivity contribution in [2.75, 3.05) is 6.54 Å². The molecule has 2 saturated heterocycles. The van der Waals surface area contributed by atoms with E-state index in [1.807, 2.05) is 25.3 Å². The zero-order valence-electron chi connectivity index (χ0n) is 18.7. The molecular formula is C20H22F6N4O6. The molecule has 4 rings (SSSR count). The Balaban J connectivity index is 0.000000271. The van der Waals surface area contributed by atoms with Crippen LogP contribution in [-0.4, -0.2) is 73.3 Å². The van der Waals surface area contributed by atoms with E-state index in [1.54, 1.807) is 0 Å². The normalized spacial score (nSPS) is 21.9. The molecule has 16 heteroatoms. The lowest BCUT2D eigenvalue weighted by Gasteiger charge is -2.34. The first-order valence-electron chi connectivity index (χ1n) is 10.4. The Labute approximate surface area is 199 Å². The molecule has 4 heterocycles. The maximum Gasteiger partial charge on any atom is 0.490 e. The van der Waals surface area contributed by atoms with Gasteiger partial charge in [-0.1, -0.05) is 6.07 Å². The third-order valence-corrected chi connectivity index (χ3v) is 5.06. The highest BCUT2D eigenvalue weighted by atomic mass is 19.4. The smallest absolute Gasteiger partial charge is 0.475 e. The van der Waals surface area contributed by atoms with Crippen LogP contribution in [0, 0.1) is 6.92 Å². The highest BCUT2D eigenvalue weighted by molar-refractivity contribution is 5.73. The molecule has 0 aliphatic carbocycles. The topological polar surface area (TPSA) is 139 Å². The number of carbonyl (C=O) groups is 2. The van der Waals surface area contributed by atoms with Crippen molar-refractivity contribution >= 4 is 11.9 Å². The molecule has 2 aromatic rings. The average Bonchev–Trinajstić information content (AvgIpc) is 3.40. The van der Waals surface area contributed by atoms with Gasteiger partial charge in [0.15, 0.2) is 0 Å². The quantitative estimate of drug-likeness (QED) is 0.569. The Morgan fingerprint density at radius 1 is 1.03 bits per heavy atom. The Morgan fingerprint density at radius 2 is 1.64 bits per heavy atom. The molecule has 0 spiro atoms. The summed E-state index contributed by atoms with van der Waals surface area (Å²) in [4.78, 5) is 24.7. The number of aliphatic carboxylic acids is 2. The number of likely N-dealkylation sites (tertiary alicyclic amines) is 1. The van der Waals surface area contributed by atoms with Crippen LogP contribution in [0.3, 0.4) is 0 Å². The third-order valence-electron chi connectivity index (χ3n) is 5.06. The number of pyridine rings is 1. The monoisotopic (exact) mass is 528 g/mol. The first kappa shape index (κ1) is 29.0. The molecule has 2 aliphatic heterocycles. The molecule has 2 aliphatic rings. The summed E-state index contributed by atoms with van der Waals surface area (Å²) in [6.07, 6.45) is -5.01. The third kappa shape index (κ3) is 8.75. The number of hydrogen-bond donors (Lipinski definition) is 2. The van der Waals surface area contributed by atoms with Gasteiger partial charge in [0.05, 0.1) is 11.8 Å². The molecule has 0 saturated carbocycles. The molecule has 0 bridgehead atoms. The van der Waals surface area contributed by atoms with Gasteiger partial charge in [0.25, 0.3) is 0 Å². The highest BCUT2D eigenvalue weighted by Gasteiger charge is 2.41. The van der Waals surface area contributed by atoms with E-state index in [2.05, 4.69) is 26.1 Å². The van der Waals surface area contributed by atoms with Crippen LogP contribution in [0.2, 0.25) is 0 Å². The lowest BCUT2D eigenvalue weighted by atomic mass is 9.99. The van der Waals surface area contributed by atoms with Crippen molar-refractivity contribution in [1.82, 2.24) is 20.1 Å². The fourth-order valence-electron chi connectivity index (χ4n) is 3.53. The molecule has 200 valence electrons. The van der Waals surface area contributed by atoms with Crippen LogP contribution in [-0.2, 0) is 20.9 Å². The zero-order valence-corrected chi connectivity index (χ0v) is 18.7. The molecule has 0 unspecified atom stereocenters. The second-order valence-electron chi connectivity index (χ2n) is 7.65. The zero-order chi connectivity index (χ0) is 27.1. The van der Waals surface area contributed by atoms with Crippen molar-refractivity contribution < 1.29 is 55.3 Å². The van der Waals surface area contributed by atoms with Crippen LogP contribution in [0.4, 0.5) is 26.3 Å². The SMILES string of the molecule is Cc1nnc([C@@H]2CC[C@@H]3[C@@H](CCN3Cc3ccccn3)O2)o1.O=C(O)C(F)(F)F.O=C(O)C(F)(F)F. The maximum atomic E-state index is 10.6. The van der Waals surface area contributed by atoms with E-state index < -0.39 is 24.3 Å². The summed E-state index contributed by atoms with van der Waals surface area (Å²) in [5.41, 5.74) is 1.12. The average molecular weight is 528 g/mol. The van der Waals surface area contributed by atoms with E-state index >= 15 is 0 Å². The van der Waals surface area contributed by atoms with Crippen molar-refractivity contribution in [3.05, 3.63) is 41.9 Å². The Hall–Kier alpha value is -3.27. The van der Waals surface area contributed by atoms with Crippen LogP contribution in [0.1, 0.15) is 42.8 Å². The van der Waals surface area contributed by atoms with Gasteiger partial charge in [0.2, 0.25) is 11.8 Å².